The summed E-state index contributed by atoms with van der Waals surface area (Å²) in [6.07, 6.45) is 5.45. The van der Waals surface area contributed by atoms with E-state index >= 15 is 0 Å². The Hall–Kier alpha value is -2.17. The number of nitrogens with zero attached hydrogens (tertiary/aromatic N) is 5. The quantitative estimate of drug-likeness (QED) is 0.615. The molecule has 16 heavy (non-hydrogen) atoms. The Balaban J connectivity index is 2.31. The number of aryl methyl sites for hydroxylation is 2. The van der Waals surface area contributed by atoms with Crippen LogP contribution in [0.2, 0.25) is 0 Å². The molecule has 3 aromatic heterocycles. The fraction of sp³-hybridized carbons (Fsp3) is 0.182. The van der Waals surface area contributed by atoms with Crippen LogP contribution in [0, 0.1) is 6.92 Å². The average Bonchev–Trinajstić information content (AvgIpc) is 2.86. The van der Waals surface area contributed by atoms with Crippen LogP contribution in [-0.4, -0.2) is 24.3 Å². The fourth-order valence-corrected chi connectivity index (χ4v) is 1.75. The lowest BCUT2D eigenvalue weighted by molar-refractivity contribution is 0.838. The molecule has 0 amide bonds. The van der Waals surface area contributed by atoms with Gasteiger partial charge in [0.15, 0.2) is 5.82 Å². The van der Waals surface area contributed by atoms with E-state index in [4.69, 9.17) is 0 Å². The van der Waals surface area contributed by atoms with Crippen LogP contribution in [0.5, 0.6) is 0 Å². The average molecular weight is 213 g/mol. The van der Waals surface area contributed by atoms with Crippen molar-refractivity contribution in [2.24, 2.45) is 7.05 Å². The maximum atomic E-state index is 4.35. The highest BCUT2D eigenvalue weighted by atomic mass is 15.3. The molecule has 0 aliphatic rings. The topological polar surface area (TPSA) is 48.5 Å². The van der Waals surface area contributed by atoms with Gasteiger partial charge in [-0.15, -0.1) is 0 Å². The third-order valence-electron chi connectivity index (χ3n) is 2.56. The highest BCUT2D eigenvalue weighted by molar-refractivity contribution is 5.81. The second-order valence-electron chi connectivity index (χ2n) is 3.76. The molecular weight excluding hydrogens is 202 g/mol. The minimum Gasteiger partial charge on any atom is -0.334 e. The van der Waals surface area contributed by atoms with Gasteiger partial charge >= 0.3 is 0 Å². The molecule has 3 heterocycles. The van der Waals surface area contributed by atoms with Gasteiger partial charge in [-0.1, -0.05) is 0 Å². The zero-order valence-corrected chi connectivity index (χ0v) is 9.12. The summed E-state index contributed by atoms with van der Waals surface area (Å²) in [5.41, 5.74) is 2.89. The summed E-state index contributed by atoms with van der Waals surface area (Å²) in [7, 11) is 1.97. The van der Waals surface area contributed by atoms with Crippen molar-refractivity contribution in [2.75, 3.05) is 0 Å². The first-order valence-electron chi connectivity index (χ1n) is 5.04. The molecule has 3 aromatic rings. The van der Waals surface area contributed by atoms with Gasteiger partial charge in [-0.3, -0.25) is 0 Å². The third-order valence-corrected chi connectivity index (χ3v) is 2.56. The Morgan fingerprint density at radius 3 is 2.81 bits per heavy atom. The van der Waals surface area contributed by atoms with Gasteiger partial charge in [-0.05, 0) is 19.1 Å². The molecule has 0 saturated carbocycles. The minimum atomic E-state index is 0.770. The number of rotatable bonds is 1. The van der Waals surface area contributed by atoms with Crippen LogP contribution in [0.25, 0.3) is 16.9 Å². The van der Waals surface area contributed by atoms with Crippen LogP contribution in [0.15, 0.2) is 30.9 Å². The lowest BCUT2D eigenvalue weighted by Gasteiger charge is -2.01. The highest BCUT2D eigenvalue weighted by Gasteiger charge is 2.08. The van der Waals surface area contributed by atoms with Crippen molar-refractivity contribution < 1.29 is 0 Å². The lowest BCUT2D eigenvalue weighted by atomic mass is 10.4. The summed E-state index contributed by atoms with van der Waals surface area (Å²) in [4.78, 5) is 8.67. The molecular formula is C11H11N5. The van der Waals surface area contributed by atoms with Crippen LogP contribution in [0.4, 0.5) is 0 Å². The summed E-state index contributed by atoms with van der Waals surface area (Å²) in [6, 6.07) is 3.89. The summed E-state index contributed by atoms with van der Waals surface area (Å²) < 4.78 is 3.72. The van der Waals surface area contributed by atoms with E-state index in [0.717, 1.165) is 22.5 Å². The van der Waals surface area contributed by atoms with E-state index in [2.05, 4.69) is 15.1 Å². The van der Waals surface area contributed by atoms with Gasteiger partial charge in [0.05, 0.1) is 17.5 Å². The summed E-state index contributed by atoms with van der Waals surface area (Å²) in [6.45, 7) is 1.95. The first kappa shape index (κ1) is 9.08. The molecule has 5 nitrogen and oxygen atoms in total. The molecule has 0 radical (unpaired) electrons. The smallest absolute Gasteiger partial charge is 0.181 e. The van der Waals surface area contributed by atoms with Gasteiger partial charge in [0, 0.05) is 19.4 Å². The van der Waals surface area contributed by atoms with Crippen molar-refractivity contribution in [3.8, 4) is 5.82 Å². The van der Waals surface area contributed by atoms with Gasteiger partial charge in [0.1, 0.15) is 5.52 Å². The van der Waals surface area contributed by atoms with Crippen LogP contribution < -0.4 is 0 Å². The molecule has 80 valence electrons. The Morgan fingerprint density at radius 1 is 1.19 bits per heavy atom. The molecule has 0 atom stereocenters. The lowest BCUT2D eigenvalue weighted by Crippen LogP contribution is -1.99. The van der Waals surface area contributed by atoms with E-state index in [9.17, 15) is 0 Å². The molecule has 0 unspecified atom stereocenters. The van der Waals surface area contributed by atoms with Crippen molar-refractivity contribution in [3.63, 3.8) is 0 Å². The highest BCUT2D eigenvalue weighted by Crippen LogP contribution is 2.17. The van der Waals surface area contributed by atoms with Crippen LogP contribution in [0.1, 0.15) is 5.69 Å². The number of imidazole rings is 1. The van der Waals surface area contributed by atoms with Crippen LogP contribution in [-0.2, 0) is 7.05 Å². The van der Waals surface area contributed by atoms with Crippen molar-refractivity contribution in [1.82, 2.24) is 24.3 Å². The van der Waals surface area contributed by atoms with E-state index in [1.165, 1.54) is 0 Å². The first-order valence-corrected chi connectivity index (χ1v) is 5.04. The maximum absolute atomic E-state index is 4.35. The Bertz CT molecular complexity index is 649. The van der Waals surface area contributed by atoms with Crippen LogP contribution in [0.3, 0.4) is 0 Å². The standard InChI is InChI=1S/C11H11N5/c1-8-4-6-16(14-8)11-10-9(3-5-12-11)15(2)7-13-10/h3-7H,1-2H3. The van der Waals surface area contributed by atoms with E-state index in [1.54, 1.807) is 17.2 Å². The molecule has 0 spiro atoms. The molecule has 0 aliphatic carbocycles. The van der Waals surface area contributed by atoms with Crippen molar-refractivity contribution in [1.29, 1.82) is 0 Å². The van der Waals surface area contributed by atoms with E-state index in [1.807, 2.05) is 36.9 Å². The third kappa shape index (κ3) is 1.21. The second kappa shape index (κ2) is 3.16. The fourth-order valence-electron chi connectivity index (χ4n) is 1.75. The molecule has 0 saturated heterocycles. The predicted molar refractivity (Wildman–Crippen MR) is 60.4 cm³/mol. The summed E-state index contributed by atoms with van der Waals surface area (Å²) in [5.74, 6) is 0.770. The van der Waals surface area contributed by atoms with E-state index in [-0.39, 0.29) is 0 Å². The second-order valence-corrected chi connectivity index (χ2v) is 3.76. The van der Waals surface area contributed by atoms with Crippen molar-refractivity contribution >= 4 is 11.0 Å². The van der Waals surface area contributed by atoms with E-state index in [0.29, 0.717) is 0 Å². The van der Waals surface area contributed by atoms with E-state index < -0.39 is 0 Å². The molecule has 0 N–H and O–H groups in total. The van der Waals surface area contributed by atoms with Gasteiger partial charge in [-0.2, -0.15) is 5.10 Å². The predicted octanol–water partition coefficient (Wildman–Crippen LogP) is 1.46. The Morgan fingerprint density at radius 2 is 2.06 bits per heavy atom. The monoisotopic (exact) mass is 213 g/mol. The van der Waals surface area contributed by atoms with Gasteiger partial charge in [0.25, 0.3) is 0 Å². The zero-order chi connectivity index (χ0) is 11.1. The molecule has 0 aromatic carbocycles. The molecule has 0 aliphatic heterocycles. The van der Waals surface area contributed by atoms with Crippen LogP contribution >= 0.6 is 0 Å². The first-order chi connectivity index (χ1) is 7.75. The SMILES string of the molecule is Cc1ccn(-c2nccc3c2ncn3C)n1. The molecule has 0 bridgehead atoms. The number of hydrogen-bond donors (Lipinski definition) is 0. The van der Waals surface area contributed by atoms with Gasteiger partial charge in [-0.25, -0.2) is 14.6 Å². The normalized spacial score (nSPS) is 11.1. The number of fused-ring (bicyclic) bond motifs is 1. The summed E-state index contributed by atoms with van der Waals surface area (Å²) in [5, 5.41) is 4.35. The zero-order valence-electron chi connectivity index (χ0n) is 9.12. The summed E-state index contributed by atoms with van der Waals surface area (Å²) >= 11 is 0. The molecule has 3 rings (SSSR count). The Kier molecular flexibility index (Phi) is 1.80. The largest absolute Gasteiger partial charge is 0.334 e. The molecule has 0 fully saturated rings. The number of pyridine rings is 1. The number of aromatic nitrogens is 5. The van der Waals surface area contributed by atoms with Gasteiger partial charge < -0.3 is 4.57 Å². The molecule has 5 heteroatoms. The van der Waals surface area contributed by atoms with Gasteiger partial charge in [0.2, 0.25) is 0 Å². The van der Waals surface area contributed by atoms with Crippen molar-refractivity contribution in [2.45, 2.75) is 6.92 Å². The Labute approximate surface area is 92.4 Å². The van der Waals surface area contributed by atoms with Crippen molar-refractivity contribution in [3.05, 3.63) is 36.5 Å². The maximum Gasteiger partial charge on any atom is 0.181 e. The minimum absolute atomic E-state index is 0.770. The number of hydrogen-bond acceptors (Lipinski definition) is 3.